The van der Waals surface area contributed by atoms with Crippen molar-refractivity contribution in [3.05, 3.63) is 60.2 Å². The maximum absolute atomic E-state index is 13.6. The molecular formula is C33H39N5O6. The Hall–Kier alpha value is -4.67. The molecule has 2 aliphatic heterocycles. The summed E-state index contributed by atoms with van der Waals surface area (Å²) in [6.07, 6.45) is 6.94. The molecule has 2 aromatic carbocycles. The van der Waals surface area contributed by atoms with Crippen molar-refractivity contribution in [2.45, 2.75) is 63.6 Å². The molecule has 0 spiro atoms. The van der Waals surface area contributed by atoms with E-state index < -0.39 is 30.1 Å². The number of urea groups is 1. The maximum atomic E-state index is 13.6. The highest BCUT2D eigenvalue weighted by Gasteiger charge is 2.43. The van der Waals surface area contributed by atoms with Gasteiger partial charge in [-0.15, -0.1) is 0 Å². The van der Waals surface area contributed by atoms with Gasteiger partial charge in [0.2, 0.25) is 11.8 Å². The number of carboxylic acids is 1. The van der Waals surface area contributed by atoms with Crippen LogP contribution in [-0.4, -0.2) is 88.2 Å². The van der Waals surface area contributed by atoms with Gasteiger partial charge in [0, 0.05) is 31.6 Å². The average Bonchev–Trinajstić information content (AvgIpc) is 3.44. The molecule has 3 aromatic rings. The number of benzene rings is 2. The number of aryl methyl sites for hydroxylation is 1. The van der Waals surface area contributed by atoms with Gasteiger partial charge in [-0.25, -0.2) is 14.6 Å². The Morgan fingerprint density at radius 3 is 2.59 bits per heavy atom. The Kier molecular flexibility index (Phi) is 9.62. The van der Waals surface area contributed by atoms with Gasteiger partial charge in [-0.2, -0.15) is 4.98 Å². The van der Waals surface area contributed by atoms with Gasteiger partial charge in [-0.3, -0.25) is 4.79 Å². The lowest BCUT2D eigenvalue weighted by Crippen LogP contribution is -2.53. The van der Waals surface area contributed by atoms with Crippen LogP contribution >= 0.6 is 0 Å². The van der Waals surface area contributed by atoms with Crippen molar-refractivity contribution >= 4 is 28.8 Å². The highest BCUT2D eigenvalue weighted by molar-refractivity contribution is 5.91. The first kappa shape index (κ1) is 30.8. The lowest BCUT2D eigenvalue weighted by atomic mass is 10.1. The molecule has 1 saturated heterocycles. The molecule has 5 rings (SSSR count). The number of hydrogen-bond acceptors (Lipinski definition) is 7. The lowest BCUT2D eigenvalue weighted by molar-refractivity contribution is -0.142. The third kappa shape index (κ3) is 6.93. The lowest BCUT2D eigenvalue weighted by Gasteiger charge is -2.29. The zero-order valence-corrected chi connectivity index (χ0v) is 25.4. The number of ether oxygens (including phenoxy) is 2. The summed E-state index contributed by atoms with van der Waals surface area (Å²) in [5.74, 6) is -0.130. The average molecular weight is 602 g/mol. The van der Waals surface area contributed by atoms with Crippen LogP contribution in [0.2, 0.25) is 0 Å². The minimum absolute atomic E-state index is 0.141. The molecule has 11 nitrogen and oxygen atoms in total. The summed E-state index contributed by atoms with van der Waals surface area (Å²) < 4.78 is 12.1. The topological polar surface area (TPSA) is 134 Å². The zero-order valence-electron chi connectivity index (χ0n) is 25.4. The van der Waals surface area contributed by atoms with Crippen LogP contribution in [0.1, 0.15) is 44.1 Å². The molecular weight excluding hydrogens is 562 g/mol. The molecule has 3 unspecified atom stereocenters. The van der Waals surface area contributed by atoms with E-state index >= 15 is 0 Å². The number of carbonyl (C=O) groups excluding carboxylic acids is 2. The van der Waals surface area contributed by atoms with E-state index in [0.29, 0.717) is 41.3 Å². The third-order valence-corrected chi connectivity index (χ3v) is 8.14. The fraction of sp³-hybridized carbons (Fsp3) is 0.424. The minimum Gasteiger partial charge on any atom is -0.496 e. The van der Waals surface area contributed by atoms with Crippen LogP contribution < -0.4 is 14.8 Å². The van der Waals surface area contributed by atoms with E-state index in [2.05, 4.69) is 5.32 Å². The van der Waals surface area contributed by atoms with Crippen molar-refractivity contribution in [2.75, 3.05) is 27.2 Å². The van der Waals surface area contributed by atoms with E-state index in [1.54, 1.807) is 19.1 Å². The first-order chi connectivity index (χ1) is 21.2. The number of amides is 3. The summed E-state index contributed by atoms with van der Waals surface area (Å²) in [5, 5.41) is 13.2. The van der Waals surface area contributed by atoms with E-state index in [1.165, 1.54) is 4.90 Å². The highest BCUT2D eigenvalue weighted by Crippen LogP contribution is 2.34. The number of carbonyl (C=O) groups is 3. The van der Waals surface area contributed by atoms with Gasteiger partial charge in [0.25, 0.3) is 0 Å². The van der Waals surface area contributed by atoms with E-state index in [-0.39, 0.29) is 25.4 Å². The molecule has 3 atom stereocenters. The Morgan fingerprint density at radius 1 is 1.07 bits per heavy atom. The molecule has 1 fully saturated rings. The number of aromatic nitrogens is 2. The first-order valence-corrected chi connectivity index (χ1v) is 15.0. The van der Waals surface area contributed by atoms with Crippen molar-refractivity contribution < 1.29 is 29.0 Å². The fourth-order valence-corrected chi connectivity index (χ4v) is 5.71. The van der Waals surface area contributed by atoms with E-state index in [0.717, 1.165) is 30.4 Å². The highest BCUT2D eigenvalue weighted by atomic mass is 16.5. The third-order valence-electron chi connectivity index (χ3n) is 8.14. The van der Waals surface area contributed by atoms with E-state index in [9.17, 15) is 19.5 Å². The predicted octanol–water partition coefficient (Wildman–Crippen LogP) is 4.58. The number of methoxy groups -OCH3 is 1. The summed E-state index contributed by atoms with van der Waals surface area (Å²) in [6.45, 7) is 2.60. The van der Waals surface area contributed by atoms with Crippen molar-refractivity contribution in [1.29, 1.82) is 0 Å². The zero-order chi connectivity index (χ0) is 31.2. The Labute approximate surface area is 256 Å². The summed E-state index contributed by atoms with van der Waals surface area (Å²) in [4.78, 5) is 51.9. The quantitative estimate of drug-likeness (QED) is 0.406. The fourth-order valence-electron chi connectivity index (χ4n) is 5.71. The number of aliphatic carboxylic acids is 1. The van der Waals surface area contributed by atoms with Crippen LogP contribution in [0.25, 0.3) is 22.3 Å². The molecule has 0 saturated carbocycles. The first-order valence-electron chi connectivity index (χ1n) is 15.0. The Morgan fingerprint density at radius 2 is 1.84 bits per heavy atom. The van der Waals surface area contributed by atoms with Crippen LogP contribution in [0.3, 0.4) is 0 Å². The van der Waals surface area contributed by atoms with Crippen molar-refractivity contribution in [3.63, 3.8) is 0 Å². The second-order valence-corrected chi connectivity index (χ2v) is 11.3. The molecule has 44 heavy (non-hydrogen) atoms. The number of nitrogens with zero attached hydrogens (tertiary/aromatic N) is 4. The van der Waals surface area contributed by atoms with Crippen molar-refractivity contribution in [2.24, 2.45) is 0 Å². The van der Waals surface area contributed by atoms with Crippen molar-refractivity contribution in [1.82, 2.24) is 25.1 Å². The SMILES string of the molecule is COc1cc2nc(-c3ccccc3)nc(OC3CC4C(=O)NC(C(=O)O)CCC=CCCCCN(C)C(=O)N4C3)c2cc1C. The van der Waals surface area contributed by atoms with Gasteiger partial charge < -0.3 is 29.7 Å². The number of rotatable bonds is 5. The number of nitrogens with one attached hydrogen (secondary N) is 1. The smallest absolute Gasteiger partial charge is 0.326 e. The number of allylic oxidation sites excluding steroid dienone is 2. The summed E-state index contributed by atoms with van der Waals surface area (Å²) in [5.41, 5.74) is 2.32. The predicted molar refractivity (Wildman–Crippen MR) is 166 cm³/mol. The van der Waals surface area contributed by atoms with E-state index in [1.807, 2.05) is 61.5 Å². The van der Waals surface area contributed by atoms with Gasteiger partial charge >= 0.3 is 12.0 Å². The molecule has 1 aromatic heterocycles. The number of fused-ring (bicyclic) bond motifs is 2. The second kappa shape index (κ2) is 13.7. The summed E-state index contributed by atoms with van der Waals surface area (Å²) in [6, 6.07) is 11.0. The normalized spacial score (nSPS) is 21.8. The van der Waals surface area contributed by atoms with Crippen LogP contribution in [0, 0.1) is 6.92 Å². The van der Waals surface area contributed by atoms with Crippen LogP contribution in [0.5, 0.6) is 11.6 Å². The maximum Gasteiger partial charge on any atom is 0.326 e. The van der Waals surface area contributed by atoms with Gasteiger partial charge in [0.05, 0.1) is 24.6 Å². The molecule has 3 heterocycles. The molecule has 0 bridgehead atoms. The van der Waals surface area contributed by atoms with Gasteiger partial charge in [-0.1, -0.05) is 42.5 Å². The Balaban J connectivity index is 1.48. The Bertz CT molecular complexity index is 1540. The molecule has 11 heteroatoms. The molecule has 2 N–H and O–H groups in total. The molecule has 0 radical (unpaired) electrons. The van der Waals surface area contributed by atoms with Gasteiger partial charge in [-0.05, 0) is 50.7 Å². The largest absolute Gasteiger partial charge is 0.496 e. The van der Waals surface area contributed by atoms with Crippen molar-refractivity contribution in [3.8, 4) is 23.0 Å². The second-order valence-electron chi connectivity index (χ2n) is 11.3. The molecule has 232 valence electrons. The van der Waals surface area contributed by atoms with Crippen LogP contribution in [0.15, 0.2) is 54.6 Å². The number of hydrogen-bond donors (Lipinski definition) is 2. The standard InChI is InChI=1S/C33H39N5O6/c1-21-17-24-26(19-28(21)43-3)34-29(22-13-9-8-10-14-22)36-31(24)44-23-18-27-30(39)35-25(32(40)41)15-11-6-4-5-7-12-16-37(2)33(42)38(27)20-23/h4,6,8-10,13-14,17,19,23,25,27H,5,7,11-12,15-16,18,20H2,1-3H3,(H,35,39)(H,40,41). The monoisotopic (exact) mass is 601 g/mol. The minimum atomic E-state index is -1.11. The van der Waals surface area contributed by atoms with Crippen LogP contribution in [-0.2, 0) is 9.59 Å². The van der Waals surface area contributed by atoms with E-state index in [4.69, 9.17) is 19.4 Å². The summed E-state index contributed by atoms with van der Waals surface area (Å²) in [7, 11) is 3.33. The van der Waals surface area contributed by atoms with Gasteiger partial charge in [0.15, 0.2) is 5.82 Å². The number of carboxylic acid groups (broad SMARTS) is 1. The molecule has 0 aliphatic carbocycles. The molecule has 3 amide bonds. The van der Waals surface area contributed by atoms with Gasteiger partial charge in [0.1, 0.15) is 23.9 Å². The summed E-state index contributed by atoms with van der Waals surface area (Å²) >= 11 is 0. The van der Waals surface area contributed by atoms with Crippen LogP contribution in [0.4, 0.5) is 4.79 Å². The molecule has 2 aliphatic rings.